The van der Waals surface area contributed by atoms with E-state index in [-0.39, 0.29) is 21.3 Å². The molecule has 2 fully saturated rings. The van der Waals surface area contributed by atoms with Gasteiger partial charge >= 0.3 is 5.97 Å². The second-order valence-corrected chi connectivity index (χ2v) is 10.7. The van der Waals surface area contributed by atoms with Crippen molar-refractivity contribution in [1.82, 2.24) is 15.3 Å². The molecule has 2 spiro atoms. The average Bonchev–Trinajstić information content (AvgIpc) is 3.20. The first-order valence-corrected chi connectivity index (χ1v) is 11.6. The highest BCUT2D eigenvalue weighted by Crippen LogP contribution is 2.63. The molecule has 3 unspecified atom stereocenters. The smallest absolute Gasteiger partial charge is 0.321 e. The van der Waals surface area contributed by atoms with Crippen LogP contribution >= 0.6 is 23.2 Å². The van der Waals surface area contributed by atoms with Crippen molar-refractivity contribution in [3.8, 4) is 0 Å². The SMILES string of the molecule is CC1(C)CCC2(CC1)NC(C(=O)O)C(c1ccnc(Cl)c1F)C21C(=O)Nc2cc(Cl)ncc21. The number of hydrogen-bond donors (Lipinski definition) is 3. The van der Waals surface area contributed by atoms with Gasteiger partial charge in [0, 0.05) is 35.1 Å². The van der Waals surface area contributed by atoms with Gasteiger partial charge in [-0.15, -0.1) is 0 Å². The minimum absolute atomic E-state index is 0.0340. The number of carboxylic acid groups (broad SMARTS) is 1. The molecule has 3 aliphatic rings. The average molecular weight is 493 g/mol. The minimum atomic E-state index is -1.43. The van der Waals surface area contributed by atoms with Crippen molar-refractivity contribution >= 4 is 40.8 Å². The summed E-state index contributed by atoms with van der Waals surface area (Å²) in [5.41, 5.74) is -1.30. The van der Waals surface area contributed by atoms with E-state index in [1.807, 2.05) is 0 Å². The molecule has 2 aliphatic heterocycles. The molecule has 2 aromatic rings. The van der Waals surface area contributed by atoms with Crippen molar-refractivity contribution in [1.29, 1.82) is 0 Å². The Morgan fingerprint density at radius 3 is 2.58 bits per heavy atom. The van der Waals surface area contributed by atoms with Gasteiger partial charge in [0.05, 0.1) is 0 Å². The number of carbonyl (C=O) groups excluding carboxylic acids is 1. The molecule has 0 aromatic carbocycles. The van der Waals surface area contributed by atoms with E-state index < -0.39 is 40.6 Å². The lowest BCUT2D eigenvalue weighted by Crippen LogP contribution is -2.61. The molecule has 2 aromatic heterocycles. The molecule has 0 bridgehead atoms. The second kappa shape index (κ2) is 7.35. The van der Waals surface area contributed by atoms with Crippen molar-refractivity contribution in [3.05, 3.63) is 51.8 Å². The molecule has 3 atom stereocenters. The summed E-state index contributed by atoms with van der Waals surface area (Å²) in [5.74, 6) is -3.47. The number of carboxylic acids is 1. The topological polar surface area (TPSA) is 104 Å². The molecule has 1 saturated carbocycles. The Bertz CT molecular complexity index is 1180. The Kier molecular flexibility index (Phi) is 5.01. The van der Waals surface area contributed by atoms with Crippen LogP contribution in [0.4, 0.5) is 10.1 Å². The van der Waals surface area contributed by atoms with E-state index in [1.165, 1.54) is 18.5 Å². The number of carbonyl (C=O) groups is 2. The van der Waals surface area contributed by atoms with Crippen LogP contribution in [0.3, 0.4) is 0 Å². The number of pyridine rings is 2. The highest BCUT2D eigenvalue weighted by atomic mass is 35.5. The lowest BCUT2D eigenvalue weighted by Gasteiger charge is -2.50. The van der Waals surface area contributed by atoms with Gasteiger partial charge in [-0.2, -0.15) is 0 Å². The fourth-order valence-corrected chi connectivity index (χ4v) is 6.52. The summed E-state index contributed by atoms with van der Waals surface area (Å²) in [5, 5.41) is 16.3. The van der Waals surface area contributed by atoms with Gasteiger partial charge in [-0.1, -0.05) is 37.0 Å². The lowest BCUT2D eigenvalue weighted by molar-refractivity contribution is -0.139. The van der Waals surface area contributed by atoms with Gasteiger partial charge in [0.2, 0.25) is 5.91 Å². The maximum Gasteiger partial charge on any atom is 0.321 e. The summed E-state index contributed by atoms with van der Waals surface area (Å²) in [6.07, 6.45) is 5.45. The molecule has 174 valence electrons. The number of aliphatic carboxylic acids is 1. The van der Waals surface area contributed by atoms with E-state index in [0.717, 1.165) is 12.8 Å². The number of aromatic nitrogens is 2. The standard InChI is InChI=1S/C23H23Cl2FN4O3/c1-21(2)4-6-22(7-5-21)23(12-10-28-14(24)9-13(12)29-20(23)33)15(17(30-22)19(31)32)11-3-8-27-18(25)16(11)26/h3,8-10,15,17,30H,4-7H2,1-2H3,(H,29,33)(H,31,32). The third-order valence-corrected chi connectivity index (χ3v) is 8.29. The van der Waals surface area contributed by atoms with Crippen LogP contribution in [0.2, 0.25) is 10.3 Å². The van der Waals surface area contributed by atoms with Crippen molar-refractivity contribution in [2.24, 2.45) is 5.41 Å². The van der Waals surface area contributed by atoms with Crippen molar-refractivity contribution in [3.63, 3.8) is 0 Å². The summed E-state index contributed by atoms with van der Waals surface area (Å²) in [4.78, 5) is 34.5. The molecule has 1 saturated heterocycles. The number of amides is 1. The highest BCUT2D eigenvalue weighted by molar-refractivity contribution is 6.30. The summed E-state index contributed by atoms with van der Waals surface area (Å²) < 4.78 is 15.4. The van der Waals surface area contributed by atoms with Gasteiger partial charge in [-0.25, -0.2) is 14.4 Å². The largest absolute Gasteiger partial charge is 0.480 e. The number of nitrogens with zero attached hydrogens (tertiary/aromatic N) is 2. The Morgan fingerprint density at radius 2 is 1.91 bits per heavy atom. The van der Waals surface area contributed by atoms with Crippen molar-refractivity contribution in [2.45, 2.75) is 62.4 Å². The lowest BCUT2D eigenvalue weighted by atomic mass is 9.53. The van der Waals surface area contributed by atoms with E-state index in [2.05, 4.69) is 34.4 Å². The van der Waals surface area contributed by atoms with Gasteiger partial charge in [0.25, 0.3) is 0 Å². The Morgan fingerprint density at radius 1 is 1.21 bits per heavy atom. The zero-order valence-corrected chi connectivity index (χ0v) is 19.6. The summed E-state index contributed by atoms with van der Waals surface area (Å²) >= 11 is 12.1. The number of hydrogen-bond acceptors (Lipinski definition) is 5. The van der Waals surface area contributed by atoms with E-state index in [0.29, 0.717) is 24.1 Å². The maximum atomic E-state index is 15.4. The van der Waals surface area contributed by atoms with Crippen LogP contribution in [0, 0.1) is 11.2 Å². The fourth-order valence-electron chi connectivity index (χ4n) is 6.20. The summed E-state index contributed by atoms with van der Waals surface area (Å²) in [6, 6.07) is 1.73. The first-order valence-electron chi connectivity index (χ1n) is 10.8. The van der Waals surface area contributed by atoms with E-state index in [9.17, 15) is 14.7 Å². The zero-order valence-electron chi connectivity index (χ0n) is 18.1. The molecule has 4 heterocycles. The third kappa shape index (κ3) is 3.03. The van der Waals surface area contributed by atoms with Crippen LogP contribution in [0.15, 0.2) is 24.5 Å². The van der Waals surface area contributed by atoms with Crippen molar-refractivity contribution in [2.75, 3.05) is 5.32 Å². The molecular weight excluding hydrogens is 470 g/mol. The summed E-state index contributed by atoms with van der Waals surface area (Å²) in [7, 11) is 0. The first-order chi connectivity index (χ1) is 15.5. The highest BCUT2D eigenvalue weighted by Gasteiger charge is 2.73. The number of nitrogens with one attached hydrogen (secondary N) is 2. The zero-order chi connectivity index (χ0) is 23.8. The van der Waals surface area contributed by atoms with E-state index in [1.54, 1.807) is 6.07 Å². The normalized spacial score (nSPS) is 29.3. The van der Waals surface area contributed by atoms with Crippen LogP contribution < -0.4 is 10.6 Å². The number of fused-ring (bicyclic) bond motifs is 3. The predicted octanol–water partition coefficient (Wildman–Crippen LogP) is 4.29. The monoisotopic (exact) mass is 492 g/mol. The quantitative estimate of drug-likeness (QED) is 0.540. The Hall–Kier alpha value is -2.29. The van der Waals surface area contributed by atoms with Crippen LogP contribution in [0.1, 0.15) is 56.6 Å². The number of rotatable bonds is 2. The molecule has 10 heteroatoms. The Balaban J connectivity index is 1.83. The predicted molar refractivity (Wildman–Crippen MR) is 121 cm³/mol. The van der Waals surface area contributed by atoms with Crippen LogP contribution in [-0.2, 0) is 15.0 Å². The Labute approximate surface area is 200 Å². The second-order valence-electron chi connectivity index (χ2n) is 10.0. The van der Waals surface area contributed by atoms with Crippen LogP contribution in [0.25, 0.3) is 0 Å². The number of anilines is 1. The molecule has 1 amide bonds. The van der Waals surface area contributed by atoms with Crippen LogP contribution in [-0.4, -0.2) is 38.5 Å². The van der Waals surface area contributed by atoms with Crippen LogP contribution in [0.5, 0.6) is 0 Å². The van der Waals surface area contributed by atoms with Gasteiger partial charge in [0.1, 0.15) is 16.6 Å². The van der Waals surface area contributed by atoms with Crippen molar-refractivity contribution < 1.29 is 19.1 Å². The molecule has 0 radical (unpaired) electrons. The molecule has 5 rings (SSSR count). The molecule has 1 aliphatic carbocycles. The maximum absolute atomic E-state index is 15.4. The number of halogens is 3. The molecule has 33 heavy (non-hydrogen) atoms. The van der Waals surface area contributed by atoms with Gasteiger partial charge in [0.15, 0.2) is 11.0 Å². The van der Waals surface area contributed by atoms with Gasteiger partial charge in [-0.05, 0) is 48.8 Å². The minimum Gasteiger partial charge on any atom is -0.480 e. The third-order valence-electron chi connectivity index (χ3n) is 7.82. The van der Waals surface area contributed by atoms with E-state index in [4.69, 9.17) is 23.2 Å². The molecule has 7 nitrogen and oxygen atoms in total. The molecule has 3 N–H and O–H groups in total. The van der Waals surface area contributed by atoms with Gasteiger partial charge in [-0.3, -0.25) is 14.9 Å². The van der Waals surface area contributed by atoms with E-state index >= 15 is 4.39 Å². The first kappa shape index (κ1) is 22.5. The van der Waals surface area contributed by atoms with Gasteiger partial charge < -0.3 is 10.4 Å². The molecular formula is C23H23Cl2FN4O3. The fraction of sp³-hybridized carbons (Fsp3) is 0.478. The summed E-state index contributed by atoms with van der Waals surface area (Å²) in [6.45, 7) is 4.31.